The Balaban J connectivity index is 2.06. The van der Waals surface area contributed by atoms with Crippen molar-refractivity contribution in [2.24, 2.45) is 0 Å². The van der Waals surface area contributed by atoms with E-state index >= 15 is 0 Å². The Kier molecular flexibility index (Phi) is 6.23. The number of rotatable bonds is 5. The van der Waals surface area contributed by atoms with Gasteiger partial charge < -0.3 is 19.9 Å². The van der Waals surface area contributed by atoms with Crippen LogP contribution < -0.4 is 5.32 Å². The summed E-state index contributed by atoms with van der Waals surface area (Å²) in [5, 5.41) is 12.7. The Morgan fingerprint density at radius 2 is 1.92 bits per heavy atom. The maximum absolute atomic E-state index is 12.1. The molecule has 0 radical (unpaired) electrons. The van der Waals surface area contributed by atoms with Gasteiger partial charge in [-0.15, -0.1) is 11.3 Å². The minimum atomic E-state index is -0.896. The minimum Gasteiger partial charge on any atom is -0.507 e. The molecule has 2 N–H and O–H groups in total. The van der Waals surface area contributed by atoms with Crippen molar-refractivity contribution >= 4 is 45.8 Å². The topological polar surface area (TPSA) is 102 Å². The van der Waals surface area contributed by atoms with Crippen LogP contribution in [0.1, 0.15) is 31.2 Å². The molecule has 0 aliphatic heterocycles. The highest BCUT2D eigenvalue weighted by atomic mass is 35.5. The fourth-order valence-corrected chi connectivity index (χ4v) is 3.34. The molecule has 7 nitrogen and oxygen atoms in total. The van der Waals surface area contributed by atoms with E-state index in [9.17, 15) is 19.5 Å². The lowest BCUT2D eigenvalue weighted by molar-refractivity contribution is -0.119. The van der Waals surface area contributed by atoms with E-state index in [4.69, 9.17) is 21.1 Å². The van der Waals surface area contributed by atoms with E-state index in [0.717, 1.165) is 4.88 Å². The Bertz CT molecular complexity index is 876. The Labute approximate surface area is 158 Å². The zero-order valence-corrected chi connectivity index (χ0v) is 15.8. The number of phenols is 1. The van der Waals surface area contributed by atoms with E-state index in [2.05, 4.69) is 5.32 Å². The number of methoxy groups -OCH3 is 1. The molecule has 0 atom stereocenters. The number of ether oxygens (including phenoxy) is 2. The summed E-state index contributed by atoms with van der Waals surface area (Å²) >= 11 is 6.99. The molecule has 1 aromatic carbocycles. The molecule has 0 saturated heterocycles. The van der Waals surface area contributed by atoms with E-state index < -0.39 is 24.5 Å². The first-order valence-corrected chi connectivity index (χ1v) is 8.57. The lowest BCUT2D eigenvalue weighted by atomic mass is 10.1. The summed E-state index contributed by atoms with van der Waals surface area (Å²) in [6.45, 7) is 2.96. The lowest BCUT2D eigenvalue weighted by Crippen LogP contribution is -2.21. The number of anilines is 1. The molecule has 2 rings (SSSR count). The van der Waals surface area contributed by atoms with Crippen LogP contribution in [0.2, 0.25) is 5.02 Å². The summed E-state index contributed by atoms with van der Waals surface area (Å²) in [4.78, 5) is 36.7. The van der Waals surface area contributed by atoms with Gasteiger partial charge in [-0.05, 0) is 37.6 Å². The highest BCUT2D eigenvalue weighted by molar-refractivity contribution is 7.16. The second kappa shape index (κ2) is 8.20. The molecular weight excluding hydrogens is 382 g/mol. The van der Waals surface area contributed by atoms with Crippen LogP contribution in [-0.2, 0) is 14.3 Å². The zero-order valence-electron chi connectivity index (χ0n) is 14.2. The molecule has 138 valence electrons. The van der Waals surface area contributed by atoms with Crippen molar-refractivity contribution < 1.29 is 29.0 Å². The van der Waals surface area contributed by atoms with Gasteiger partial charge in [0.05, 0.1) is 12.7 Å². The molecule has 0 bridgehead atoms. The number of thiophene rings is 1. The van der Waals surface area contributed by atoms with Crippen molar-refractivity contribution in [1.82, 2.24) is 0 Å². The van der Waals surface area contributed by atoms with Gasteiger partial charge >= 0.3 is 11.9 Å². The molecule has 0 fully saturated rings. The predicted molar refractivity (Wildman–Crippen MR) is 97.2 cm³/mol. The second-order valence-electron chi connectivity index (χ2n) is 5.26. The summed E-state index contributed by atoms with van der Waals surface area (Å²) in [5.74, 6) is -2.40. The molecule has 0 aliphatic rings. The van der Waals surface area contributed by atoms with Gasteiger partial charge in [-0.25, -0.2) is 9.59 Å². The molecule has 1 amide bonds. The number of aromatic hydroxyl groups is 1. The van der Waals surface area contributed by atoms with E-state index in [1.807, 2.05) is 6.92 Å². The highest BCUT2D eigenvalue weighted by Crippen LogP contribution is 2.33. The maximum Gasteiger partial charge on any atom is 0.342 e. The van der Waals surface area contributed by atoms with Crippen LogP contribution in [0.5, 0.6) is 5.75 Å². The van der Waals surface area contributed by atoms with E-state index in [-0.39, 0.29) is 21.9 Å². The van der Waals surface area contributed by atoms with E-state index in [0.29, 0.717) is 10.6 Å². The number of hydrogen-bond acceptors (Lipinski definition) is 7. The van der Waals surface area contributed by atoms with Crippen molar-refractivity contribution in [3.05, 3.63) is 44.8 Å². The molecule has 0 aliphatic carbocycles. The van der Waals surface area contributed by atoms with Gasteiger partial charge in [-0.1, -0.05) is 11.6 Å². The first kappa shape index (κ1) is 19.7. The highest BCUT2D eigenvalue weighted by Gasteiger charge is 2.22. The molecule has 1 aromatic heterocycles. The first-order valence-electron chi connectivity index (χ1n) is 7.38. The van der Waals surface area contributed by atoms with Crippen molar-refractivity contribution in [3.8, 4) is 5.75 Å². The summed E-state index contributed by atoms with van der Waals surface area (Å²) in [6, 6.07) is 3.90. The summed E-state index contributed by atoms with van der Waals surface area (Å²) in [5.41, 5.74) is 0.823. The van der Waals surface area contributed by atoms with Crippen LogP contribution in [0, 0.1) is 13.8 Å². The minimum absolute atomic E-state index is 0.150. The Hall–Kier alpha value is -2.58. The number of amides is 1. The largest absolute Gasteiger partial charge is 0.507 e. The third kappa shape index (κ3) is 4.33. The van der Waals surface area contributed by atoms with Gasteiger partial charge in [0.2, 0.25) is 0 Å². The SMILES string of the molecule is COC(=O)c1c(NC(=O)COC(=O)c2cc(Cl)ccc2O)sc(C)c1C. The van der Waals surface area contributed by atoms with Crippen molar-refractivity contribution in [1.29, 1.82) is 0 Å². The average molecular weight is 398 g/mol. The fraction of sp³-hybridized carbons (Fsp3) is 0.235. The molecule has 0 saturated carbocycles. The second-order valence-corrected chi connectivity index (χ2v) is 6.93. The standard InChI is InChI=1S/C17H16ClNO6S/c1-8-9(2)26-15(14(8)17(23)24-3)19-13(21)7-25-16(22)11-6-10(18)4-5-12(11)20/h4-6,20H,7H2,1-3H3,(H,19,21). The van der Waals surface area contributed by atoms with Crippen LogP contribution >= 0.6 is 22.9 Å². The number of carbonyl (C=O) groups is 3. The number of phenolic OH excluding ortho intramolecular Hbond substituents is 1. The number of benzene rings is 1. The lowest BCUT2D eigenvalue weighted by Gasteiger charge is -2.08. The number of halogens is 1. The van der Waals surface area contributed by atoms with Crippen LogP contribution in [-0.4, -0.2) is 36.7 Å². The number of nitrogens with one attached hydrogen (secondary N) is 1. The predicted octanol–water partition coefficient (Wildman–Crippen LogP) is 3.31. The smallest absolute Gasteiger partial charge is 0.342 e. The van der Waals surface area contributed by atoms with E-state index in [1.165, 1.54) is 36.6 Å². The van der Waals surface area contributed by atoms with Crippen LogP contribution in [0.25, 0.3) is 0 Å². The molecule has 0 unspecified atom stereocenters. The molecule has 2 aromatic rings. The van der Waals surface area contributed by atoms with Gasteiger partial charge in [0, 0.05) is 9.90 Å². The number of carbonyl (C=O) groups excluding carboxylic acids is 3. The van der Waals surface area contributed by atoms with Gasteiger partial charge in [-0.3, -0.25) is 4.79 Å². The van der Waals surface area contributed by atoms with Gasteiger partial charge in [0.25, 0.3) is 5.91 Å². The molecule has 1 heterocycles. The van der Waals surface area contributed by atoms with Crippen molar-refractivity contribution in [2.45, 2.75) is 13.8 Å². The average Bonchev–Trinajstić information content (AvgIpc) is 2.88. The Morgan fingerprint density at radius 3 is 2.58 bits per heavy atom. The quantitative estimate of drug-likeness (QED) is 0.750. The van der Waals surface area contributed by atoms with Crippen LogP contribution in [0.15, 0.2) is 18.2 Å². The van der Waals surface area contributed by atoms with E-state index in [1.54, 1.807) is 6.92 Å². The zero-order chi connectivity index (χ0) is 19.4. The molecule has 0 spiro atoms. The number of esters is 2. The number of hydrogen-bond donors (Lipinski definition) is 2. The van der Waals surface area contributed by atoms with Crippen LogP contribution in [0.3, 0.4) is 0 Å². The number of aryl methyl sites for hydroxylation is 1. The van der Waals surface area contributed by atoms with Crippen LogP contribution in [0.4, 0.5) is 5.00 Å². The Morgan fingerprint density at radius 1 is 1.23 bits per heavy atom. The normalized spacial score (nSPS) is 10.3. The van der Waals surface area contributed by atoms with Gasteiger partial charge in [0.1, 0.15) is 16.3 Å². The maximum atomic E-state index is 12.1. The summed E-state index contributed by atoms with van der Waals surface area (Å²) < 4.78 is 9.60. The summed E-state index contributed by atoms with van der Waals surface area (Å²) in [6.07, 6.45) is 0. The third-order valence-electron chi connectivity index (χ3n) is 3.54. The van der Waals surface area contributed by atoms with Gasteiger partial charge in [0.15, 0.2) is 6.61 Å². The van der Waals surface area contributed by atoms with Crippen molar-refractivity contribution in [3.63, 3.8) is 0 Å². The summed E-state index contributed by atoms with van der Waals surface area (Å²) in [7, 11) is 1.25. The fourth-order valence-electron chi connectivity index (χ4n) is 2.11. The van der Waals surface area contributed by atoms with Crippen molar-refractivity contribution in [2.75, 3.05) is 19.0 Å². The molecular formula is C17H16ClNO6S. The first-order chi connectivity index (χ1) is 12.2. The monoisotopic (exact) mass is 397 g/mol. The third-order valence-corrected chi connectivity index (χ3v) is 4.90. The molecule has 9 heteroatoms. The van der Waals surface area contributed by atoms with Gasteiger partial charge in [-0.2, -0.15) is 0 Å². The molecule has 26 heavy (non-hydrogen) atoms.